The number of rotatable bonds is 2. The minimum absolute atomic E-state index is 0.262. The molecule has 2 aromatic rings. The Balaban J connectivity index is 2.64. The molecular weight excluding hydrogens is 166 g/mol. The first-order valence-corrected chi connectivity index (χ1v) is 3.85. The normalized spacial score (nSPS) is 10.5. The lowest BCUT2D eigenvalue weighted by Crippen LogP contribution is -1.98. The third-order valence-electron chi connectivity index (χ3n) is 1.70. The molecule has 66 valence electrons. The van der Waals surface area contributed by atoms with Crippen LogP contribution in [0.1, 0.15) is 0 Å². The topological polar surface area (TPSA) is 69.6 Å². The summed E-state index contributed by atoms with van der Waals surface area (Å²) in [6, 6.07) is 0. The van der Waals surface area contributed by atoms with Crippen molar-refractivity contribution in [3.63, 3.8) is 0 Å². The van der Waals surface area contributed by atoms with Crippen LogP contribution in [0.25, 0.3) is 11.2 Å². The van der Waals surface area contributed by atoms with Crippen LogP contribution in [0, 0.1) is 0 Å². The SMILES string of the molecule is C=CCn1cnc2cnc(N)nc21. The first-order chi connectivity index (χ1) is 6.31. The average Bonchev–Trinajstić information content (AvgIpc) is 2.49. The lowest BCUT2D eigenvalue weighted by atomic mass is 10.5. The van der Waals surface area contributed by atoms with Gasteiger partial charge in [0.2, 0.25) is 5.95 Å². The van der Waals surface area contributed by atoms with Crippen molar-refractivity contribution in [2.24, 2.45) is 0 Å². The number of imidazole rings is 1. The van der Waals surface area contributed by atoms with Crippen molar-refractivity contribution in [3.05, 3.63) is 25.2 Å². The third kappa shape index (κ3) is 1.24. The summed E-state index contributed by atoms with van der Waals surface area (Å²) in [5.41, 5.74) is 6.95. The second kappa shape index (κ2) is 2.85. The van der Waals surface area contributed by atoms with E-state index in [9.17, 15) is 0 Å². The number of nitrogens with zero attached hydrogens (tertiary/aromatic N) is 4. The van der Waals surface area contributed by atoms with Crippen LogP contribution in [-0.2, 0) is 6.54 Å². The molecule has 2 rings (SSSR count). The number of allylic oxidation sites excluding steroid dienone is 1. The number of nitrogens with two attached hydrogens (primary N) is 1. The van der Waals surface area contributed by atoms with E-state index in [0.29, 0.717) is 6.54 Å². The Morgan fingerprint density at radius 3 is 3.15 bits per heavy atom. The number of anilines is 1. The molecule has 5 heteroatoms. The molecule has 0 fully saturated rings. The number of hydrogen-bond donors (Lipinski definition) is 1. The zero-order chi connectivity index (χ0) is 9.26. The number of aromatic nitrogens is 4. The average molecular weight is 175 g/mol. The molecule has 0 spiro atoms. The van der Waals surface area contributed by atoms with Crippen LogP contribution in [0.4, 0.5) is 5.95 Å². The van der Waals surface area contributed by atoms with Crippen LogP contribution >= 0.6 is 0 Å². The molecule has 0 atom stereocenters. The summed E-state index contributed by atoms with van der Waals surface area (Å²) in [6.07, 6.45) is 5.08. The fourth-order valence-electron chi connectivity index (χ4n) is 1.14. The molecule has 0 aromatic carbocycles. The van der Waals surface area contributed by atoms with Gasteiger partial charge in [-0.05, 0) is 0 Å². The van der Waals surface area contributed by atoms with Crippen molar-refractivity contribution in [2.45, 2.75) is 6.54 Å². The molecule has 0 radical (unpaired) electrons. The molecule has 0 saturated heterocycles. The standard InChI is InChI=1S/C8H9N5/c1-2-3-13-5-11-6-4-10-8(9)12-7(6)13/h2,4-5H,1,3H2,(H2,9,10,12). The predicted octanol–water partition coefficient (Wildman–Crippen LogP) is 0.594. The number of fused-ring (bicyclic) bond motifs is 1. The summed E-state index contributed by atoms with van der Waals surface area (Å²) in [6.45, 7) is 4.32. The minimum atomic E-state index is 0.262. The van der Waals surface area contributed by atoms with Gasteiger partial charge in [-0.25, -0.2) is 9.97 Å². The van der Waals surface area contributed by atoms with Crippen molar-refractivity contribution >= 4 is 17.1 Å². The van der Waals surface area contributed by atoms with Crippen LogP contribution in [0.5, 0.6) is 0 Å². The predicted molar refractivity (Wildman–Crippen MR) is 49.9 cm³/mol. The monoisotopic (exact) mass is 175 g/mol. The summed E-state index contributed by atoms with van der Waals surface area (Å²) in [4.78, 5) is 12.0. The molecule has 13 heavy (non-hydrogen) atoms. The van der Waals surface area contributed by atoms with E-state index >= 15 is 0 Å². The fourth-order valence-corrected chi connectivity index (χ4v) is 1.14. The van der Waals surface area contributed by atoms with Gasteiger partial charge >= 0.3 is 0 Å². The van der Waals surface area contributed by atoms with Crippen LogP contribution in [0.3, 0.4) is 0 Å². The van der Waals surface area contributed by atoms with Gasteiger partial charge in [0, 0.05) is 6.54 Å². The van der Waals surface area contributed by atoms with Gasteiger partial charge in [-0.3, -0.25) is 0 Å². The molecule has 0 amide bonds. The minimum Gasteiger partial charge on any atom is -0.368 e. The van der Waals surface area contributed by atoms with Crippen LogP contribution in [0.15, 0.2) is 25.2 Å². The van der Waals surface area contributed by atoms with Crippen molar-refractivity contribution in [1.29, 1.82) is 0 Å². The highest BCUT2D eigenvalue weighted by Crippen LogP contribution is 2.09. The Labute approximate surface area is 74.9 Å². The second-order valence-corrected chi connectivity index (χ2v) is 2.62. The van der Waals surface area contributed by atoms with Crippen molar-refractivity contribution in [3.8, 4) is 0 Å². The maximum atomic E-state index is 5.46. The molecule has 0 aliphatic rings. The molecule has 2 heterocycles. The van der Waals surface area contributed by atoms with E-state index in [1.54, 1.807) is 18.6 Å². The Hall–Kier alpha value is -1.91. The van der Waals surface area contributed by atoms with E-state index in [2.05, 4.69) is 21.5 Å². The van der Waals surface area contributed by atoms with Crippen molar-refractivity contribution in [2.75, 3.05) is 5.73 Å². The maximum absolute atomic E-state index is 5.46. The van der Waals surface area contributed by atoms with E-state index in [0.717, 1.165) is 11.2 Å². The van der Waals surface area contributed by atoms with Gasteiger partial charge in [0.05, 0.1) is 12.5 Å². The molecule has 0 unspecified atom stereocenters. The molecular formula is C8H9N5. The van der Waals surface area contributed by atoms with Crippen LogP contribution < -0.4 is 5.73 Å². The molecule has 5 nitrogen and oxygen atoms in total. The highest BCUT2D eigenvalue weighted by molar-refractivity contribution is 5.70. The molecule has 0 saturated carbocycles. The summed E-state index contributed by atoms with van der Waals surface area (Å²) in [7, 11) is 0. The lowest BCUT2D eigenvalue weighted by molar-refractivity contribution is 0.839. The molecule has 0 bridgehead atoms. The second-order valence-electron chi connectivity index (χ2n) is 2.62. The first kappa shape index (κ1) is 7.72. The van der Waals surface area contributed by atoms with E-state index < -0.39 is 0 Å². The quantitative estimate of drug-likeness (QED) is 0.678. The van der Waals surface area contributed by atoms with E-state index in [4.69, 9.17) is 5.73 Å². The molecule has 2 N–H and O–H groups in total. The first-order valence-electron chi connectivity index (χ1n) is 3.85. The van der Waals surface area contributed by atoms with Crippen LogP contribution in [0.2, 0.25) is 0 Å². The Kier molecular flexibility index (Phi) is 1.70. The highest BCUT2D eigenvalue weighted by Gasteiger charge is 2.02. The van der Waals surface area contributed by atoms with Gasteiger partial charge in [0.25, 0.3) is 0 Å². The van der Waals surface area contributed by atoms with E-state index in [1.807, 2.05) is 4.57 Å². The van der Waals surface area contributed by atoms with Gasteiger partial charge in [0.15, 0.2) is 5.65 Å². The van der Waals surface area contributed by atoms with Crippen molar-refractivity contribution in [1.82, 2.24) is 19.5 Å². The molecule has 0 aliphatic heterocycles. The van der Waals surface area contributed by atoms with Crippen LogP contribution in [-0.4, -0.2) is 19.5 Å². The lowest BCUT2D eigenvalue weighted by Gasteiger charge is -1.97. The maximum Gasteiger partial charge on any atom is 0.222 e. The zero-order valence-electron chi connectivity index (χ0n) is 7.01. The smallest absolute Gasteiger partial charge is 0.222 e. The highest BCUT2D eigenvalue weighted by atomic mass is 15.1. The zero-order valence-corrected chi connectivity index (χ0v) is 7.01. The summed E-state index contributed by atoms with van der Waals surface area (Å²) in [5.74, 6) is 0.262. The fraction of sp³-hybridized carbons (Fsp3) is 0.125. The molecule has 0 aliphatic carbocycles. The largest absolute Gasteiger partial charge is 0.368 e. The van der Waals surface area contributed by atoms with Gasteiger partial charge in [0.1, 0.15) is 5.52 Å². The Morgan fingerprint density at radius 2 is 2.38 bits per heavy atom. The van der Waals surface area contributed by atoms with E-state index in [-0.39, 0.29) is 5.95 Å². The summed E-state index contributed by atoms with van der Waals surface area (Å²) >= 11 is 0. The Bertz CT molecular complexity index is 445. The van der Waals surface area contributed by atoms with Gasteiger partial charge in [-0.1, -0.05) is 6.08 Å². The molecule has 2 aromatic heterocycles. The van der Waals surface area contributed by atoms with Crippen molar-refractivity contribution < 1.29 is 0 Å². The van der Waals surface area contributed by atoms with Gasteiger partial charge < -0.3 is 10.3 Å². The number of nitrogen functional groups attached to an aromatic ring is 1. The number of hydrogen-bond acceptors (Lipinski definition) is 4. The summed E-state index contributed by atoms with van der Waals surface area (Å²) < 4.78 is 1.86. The third-order valence-corrected chi connectivity index (χ3v) is 1.70. The van der Waals surface area contributed by atoms with Gasteiger partial charge in [-0.15, -0.1) is 6.58 Å². The van der Waals surface area contributed by atoms with Gasteiger partial charge in [-0.2, -0.15) is 4.98 Å². The summed E-state index contributed by atoms with van der Waals surface area (Å²) in [5, 5.41) is 0. The van der Waals surface area contributed by atoms with E-state index in [1.165, 1.54) is 0 Å². The Morgan fingerprint density at radius 1 is 1.54 bits per heavy atom.